The van der Waals surface area contributed by atoms with Gasteiger partial charge in [0.2, 0.25) is 0 Å². The number of rotatable bonds is 2. The fourth-order valence-electron chi connectivity index (χ4n) is 2.13. The van der Waals surface area contributed by atoms with Crippen LogP contribution in [-0.2, 0) is 0 Å². The number of hydrogen-bond acceptors (Lipinski definition) is 2. The Morgan fingerprint density at radius 3 is 2.58 bits per heavy atom. The molecule has 0 amide bonds. The first-order valence-corrected chi connectivity index (χ1v) is 6.29. The highest BCUT2D eigenvalue weighted by molar-refractivity contribution is 5.63. The van der Waals surface area contributed by atoms with Crippen molar-refractivity contribution in [3.8, 4) is 22.8 Å². The van der Waals surface area contributed by atoms with Gasteiger partial charge >= 0.3 is 0 Å². The Hall–Kier alpha value is -2.42. The maximum Gasteiger partial charge on any atom is 0.181 e. The molecule has 2 aromatic carbocycles. The number of hydrogen-bond donors (Lipinski definition) is 1. The number of aromatic amines is 1. The first kappa shape index (κ1) is 11.7. The van der Waals surface area contributed by atoms with Crippen molar-refractivity contribution in [1.29, 1.82) is 0 Å². The topological polar surface area (TPSA) is 41.6 Å². The second kappa shape index (κ2) is 4.69. The lowest BCUT2D eigenvalue weighted by molar-refractivity contribution is 1.10. The van der Waals surface area contributed by atoms with Crippen LogP contribution in [0.25, 0.3) is 22.8 Å². The van der Waals surface area contributed by atoms with Crippen LogP contribution in [0, 0.1) is 13.8 Å². The van der Waals surface area contributed by atoms with E-state index in [9.17, 15) is 0 Å². The zero-order valence-corrected chi connectivity index (χ0v) is 11.0. The lowest BCUT2D eigenvalue weighted by atomic mass is 10.1. The predicted octanol–water partition coefficient (Wildman–Crippen LogP) is 3.76. The molecule has 0 saturated carbocycles. The maximum atomic E-state index is 4.59. The molecule has 0 radical (unpaired) electrons. The van der Waals surface area contributed by atoms with Gasteiger partial charge in [0.15, 0.2) is 11.6 Å². The van der Waals surface area contributed by atoms with Gasteiger partial charge < -0.3 is 0 Å². The highest BCUT2D eigenvalue weighted by atomic mass is 15.2. The van der Waals surface area contributed by atoms with Crippen LogP contribution in [0.2, 0.25) is 0 Å². The summed E-state index contributed by atoms with van der Waals surface area (Å²) in [6.45, 7) is 4.14. The quantitative estimate of drug-likeness (QED) is 0.751. The van der Waals surface area contributed by atoms with Gasteiger partial charge in [-0.15, -0.1) is 0 Å². The van der Waals surface area contributed by atoms with Gasteiger partial charge in [-0.3, -0.25) is 5.10 Å². The van der Waals surface area contributed by atoms with E-state index in [1.165, 1.54) is 11.1 Å². The average Bonchev–Trinajstić information content (AvgIpc) is 2.89. The molecule has 0 unspecified atom stereocenters. The lowest BCUT2D eigenvalue weighted by Crippen LogP contribution is -1.85. The summed E-state index contributed by atoms with van der Waals surface area (Å²) in [5.74, 6) is 1.55. The summed E-state index contributed by atoms with van der Waals surface area (Å²) in [5.41, 5.74) is 4.53. The molecular formula is C16H15N3. The average molecular weight is 249 g/mol. The van der Waals surface area contributed by atoms with Crippen molar-refractivity contribution in [3.05, 3.63) is 59.7 Å². The largest absolute Gasteiger partial charge is 0.259 e. The Bertz CT molecular complexity index is 713. The molecule has 0 atom stereocenters. The highest BCUT2D eigenvalue weighted by Crippen LogP contribution is 2.22. The van der Waals surface area contributed by atoms with Gasteiger partial charge in [0.05, 0.1) is 0 Å². The molecule has 0 aliphatic rings. The SMILES string of the molecule is Cc1cccc(-c2n[nH]c(-c3ccccc3C)n2)c1. The van der Waals surface area contributed by atoms with Crippen molar-refractivity contribution in [1.82, 2.24) is 15.2 Å². The van der Waals surface area contributed by atoms with E-state index in [0.29, 0.717) is 0 Å². The van der Waals surface area contributed by atoms with E-state index < -0.39 is 0 Å². The first-order valence-electron chi connectivity index (χ1n) is 6.29. The molecule has 0 bridgehead atoms. The van der Waals surface area contributed by atoms with Crippen molar-refractivity contribution < 1.29 is 0 Å². The van der Waals surface area contributed by atoms with Crippen LogP contribution in [0.15, 0.2) is 48.5 Å². The summed E-state index contributed by atoms with van der Waals surface area (Å²) in [4.78, 5) is 4.59. The Kier molecular flexibility index (Phi) is 2.88. The number of aromatic nitrogens is 3. The molecule has 94 valence electrons. The fourth-order valence-corrected chi connectivity index (χ4v) is 2.13. The Labute approximate surface area is 112 Å². The number of aryl methyl sites for hydroxylation is 2. The van der Waals surface area contributed by atoms with Gasteiger partial charge in [-0.1, -0.05) is 48.0 Å². The minimum absolute atomic E-state index is 0.738. The Balaban J connectivity index is 2.03. The summed E-state index contributed by atoms with van der Waals surface area (Å²) < 4.78 is 0. The molecule has 19 heavy (non-hydrogen) atoms. The van der Waals surface area contributed by atoms with Crippen molar-refractivity contribution in [2.75, 3.05) is 0 Å². The van der Waals surface area contributed by atoms with E-state index in [0.717, 1.165) is 22.8 Å². The zero-order valence-electron chi connectivity index (χ0n) is 11.0. The Morgan fingerprint density at radius 1 is 0.947 bits per heavy atom. The van der Waals surface area contributed by atoms with E-state index in [1.807, 2.05) is 24.3 Å². The monoisotopic (exact) mass is 249 g/mol. The number of H-pyrrole nitrogens is 1. The van der Waals surface area contributed by atoms with Crippen LogP contribution in [0.4, 0.5) is 0 Å². The second-order valence-corrected chi connectivity index (χ2v) is 4.69. The van der Waals surface area contributed by atoms with Crippen LogP contribution in [0.1, 0.15) is 11.1 Å². The van der Waals surface area contributed by atoms with Gasteiger partial charge in [0.1, 0.15) is 0 Å². The first-order chi connectivity index (χ1) is 9.24. The third-order valence-electron chi connectivity index (χ3n) is 3.16. The summed E-state index contributed by atoms with van der Waals surface area (Å²) in [6.07, 6.45) is 0. The lowest BCUT2D eigenvalue weighted by Gasteiger charge is -2.00. The zero-order chi connectivity index (χ0) is 13.2. The molecule has 0 aliphatic heterocycles. The van der Waals surface area contributed by atoms with E-state index in [-0.39, 0.29) is 0 Å². The van der Waals surface area contributed by atoms with Gasteiger partial charge in [0.25, 0.3) is 0 Å². The smallest absolute Gasteiger partial charge is 0.181 e. The molecule has 0 saturated heterocycles. The molecule has 3 aromatic rings. The molecule has 1 N–H and O–H groups in total. The normalized spacial score (nSPS) is 10.6. The highest BCUT2D eigenvalue weighted by Gasteiger charge is 2.09. The number of nitrogens with one attached hydrogen (secondary N) is 1. The maximum absolute atomic E-state index is 4.59. The fraction of sp³-hybridized carbons (Fsp3) is 0.125. The van der Waals surface area contributed by atoms with E-state index >= 15 is 0 Å². The number of benzene rings is 2. The molecule has 3 nitrogen and oxygen atoms in total. The molecule has 0 aliphatic carbocycles. The summed E-state index contributed by atoms with van der Waals surface area (Å²) in [6, 6.07) is 16.4. The van der Waals surface area contributed by atoms with Gasteiger partial charge in [0, 0.05) is 11.1 Å². The van der Waals surface area contributed by atoms with Crippen LogP contribution >= 0.6 is 0 Å². The minimum Gasteiger partial charge on any atom is -0.259 e. The van der Waals surface area contributed by atoms with Crippen molar-refractivity contribution >= 4 is 0 Å². The summed E-state index contributed by atoms with van der Waals surface area (Å²) in [7, 11) is 0. The van der Waals surface area contributed by atoms with E-state index in [4.69, 9.17) is 0 Å². The van der Waals surface area contributed by atoms with Crippen molar-refractivity contribution in [2.45, 2.75) is 13.8 Å². The van der Waals surface area contributed by atoms with Gasteiger partial charge in [-0.05, 0) is 25.5 Å². The third kappa shape index (κ3) is 2.27. The van der Waals surface area contributed by atoms with Crippen LogP contribution in [0.5, 0.6) is 0 Å². The molecule has 0 fully saturated rings. The minimum atomic E-state index is 0.738. The molecular weight excluding hydrogens is 234 g/mol. The Morgan fingerprint density at radius 2 is 1.79 bits per heavy atom. The van der Waals surface area contributed by atoms with Gasteiger partial charge in [-0.2, -0.15) is 5.10 Å². The molecule has 0 spiro atoms. The summed E-state index contributed by atoms with van der Waals surface area (Å²) in [5, 5.41) is 7.33. The van der Waals surface area contributed by atoms with Crippen LogP contribution in [0.3, 0.4) is 0 Å². The molecule has 3 heteroatoms. The van der Waals surface area contributed by atoms with E-state index in [2.05, 4.69) is 53.3 Å². The van der Waals surface area contributed by atoms with Crippen LogP contribution in [-0.4, -0.2) is 15.2 Å². The number of nitrogens with zero attached hydrogens (tertiary/aromatic N) is 2. The van der Waals surface area contributed by atoms with Crippen molar-refractivity contribution in [3.63, 3.8) is 0 Å². The molecule has 1 aromatic heterocycles. The third-order valence-corrected chi connectivity index (χ3v) is 3.16. The predicted molar refractivity (Wildman–Crippen MR) is 76.7 cm³/mol. The van der Waals surface area contributed by atoms with E-state index in [1.54, 1.807) is 0 Å². The standard InChI is InChI=1S/C16H15N3/c1-11-6-5-8-13(10-11)15-17-16(19-18-15)14-9-4-3-7-12(14)2/h3-10H,1-2H3,(H,17,18,19). The van der Waals surface area contributed by atoms with Gasteiger partial charge in [-0.25, -0.2) is 4.98 Å². The summed E-state index contributed by atoms with van der Waals surface area (Å²) >= 11 is 0. The van der Waals surface area contributed by atoms with Crippen LogP contribution < -0.4 is 0 Å². The molecule has 1 heterocycles. The van der Waals surface area contributed by atoms with Crippen molar-refractivity contribution in [2.24, 2.45) is 0 Å². The molecule has 3 rings (SSSR count). The second-order valence-electron chi connectivity index (χ2n) is 4.69.